The van der Waals surface area contributed by atoms with E-state index in [2.05, 4.69) is 5.32 Å². The van der Waals surface area contributed by atoms with Crippen LogP contribution in [0.3, 0.4) is 0 Å². The normalized spacial score (nSPS) is 10.5. The van der Waals surface area contributed by atoms with Gasteiger partial charge in [-0.15, -0.1) is 0 Å². The fraction of sp³-hybridized carbons (Fsp3) is 0.263. The summed E-state index contributed by atoms with van der Waals surface area (Å²) in [5.41, 5.74) is 1.57. The number of aryl methyl sites for hydroxylation is 1. The molecule has 0 spiro atoms. The largest absolute Gasteiger partial charge is 0.491 e. The number of aromatic carboxylic acids is 1. The van der Waals surface area contributed by atoms with E-state index < -0.39 is 5.97 Å². The van der Waals surface area contributed by atoms with Crippen molar-refractivity contribution in [3.63, 3.8) is 0 Å². The van der Waals surface area contributed by atoms with E-state index in [1.807, 2.05) is 13.8 Å². The quantitative estimate of drug-likeness (QED) is 0.812. The van der Waals surface area contributed by atoms with Crippen molar-refractivity contribution in [1.29, 1.82) is 0 Å². The van der Waals surface area contributed by atoms with Crippen molar-refractivity contribution in [3.05, 3.63) is 59.7 Å². The smallest absolute Gasteiger partial charge is 0.335 e. The highest BCUT2D eigenvalue weighted by molar-refractivity contribution is 5.92. The first-order valence-electron chi connectivity index (χ1n) is 7.83. The topological polar surface area (TPSA) is 75.6 Å². The average Bonchev–Trinajstić information content (AvgIpc) is 2.54. The summed E-state index contributed by atoms with van der Waals surface area (Å²) in [7, 11) is 0. The zero-order valence-corrected chi connectivity index (χ0v) is 13.8. The summed E-state index contributed by atoms with van der Waals surface area (Å²) < 4.78 is 5.55. The van der Waals surface area contributed by atoms with Crippen LogP contribution in [0.4, 0.5) is 5.69 Å². The van der Waals surface area contributed by atoms with Gasteiger partial charge in [-0.25, -0.2) is 4.79 Å². The third-order valence-electron chi connectivity index (χ3n) is 3.38. The summed E-state index contributed by atoms with van der Waals surface area (Å²) in [5.74, 6) is -0.391. The number of carboxylic acids is 1. The van der Waals surface area contributed by atoms with Crippen LogP contribution in [0.1, 0.15) is 36.2 Å². The molecule has 126 valence electrons. The van der Waals surface area contributed by atoms with E-state index >= 15 is 0 Å². The predicted octanol–water partition coefficient (Wildman–Crippen LogP) is 3.74. The number of rotatable bonds is 7. The van der Waals surface area contributed by atoms with Crippen LogP contribution >= 0.6 is 0 Å². The molecule has 0 aliphatic rings. The molecule has 2 aromatic rings. The van der Waals surface area contributed by atoms with Crippen LogP contribution in [0, 0.1) is 0 Å². The number of anilines is 1. The Morgan fingerprint density at radius 1 is 1.08 bits per heavy atom. The minimum atomic E-state index is -0.980. The Bertz CT molecular complexity index is 708. The first-order chi connectivity index (χ1) is 11.5. The molecule has 24 heavy (non-hydrogen) atoms. The standard InChI is InChI=1S/C19H21NO4/c1-13(2)24-16-10-8-15(9-11-16)20-18(21)12-7-14-5-3-4-6-17(14)19(22)23/h3-6,8-11,13H,7,12H2,1-2H3,(H,20,21)(H,22,23). The van der Waals surface area contributed by atoms with Gasteiger partial charge in [0.05, 0.1) is 11.7 Å². The maximum Gasteiger partial charge on any atom is 0.335 e. The lowest BCUT2D eigenvalue weighted by Gasteiger charge is -2.11. The molecule has 0 saturated heterocycles. The number of benzene rings is 2. The van der Waals surface area contributed by atoms with Gasteiger partial charge in [0.15, 0.2) is 0 Å². The molecule has 0 aliphatic heterocycles. The number of ether oxygens (including phenoxy) is 1. The zero-order valence-electron chi connectivity index (χ0n) is 13.8. The molecule has 5 nitrogen and oxygen atoms in total. The van der Waals surface area contributed by atoms with Crippen molar-refractivity contribution < 1.29 is 19.4 Å². The lowest BCUT2D eigenvalue weighted by Crippen LogP contribution is -2.13. The molecule has 0 unspecified atom stereocenters. The van der Waals surface area contributed by atoms with Crippen molar-refractivity contribution in [2.45, 2.75) is 32.8 Å². The van der Waals surface area contributed by atoms with E-state index in [4.69, 9.17) is 9.84 Å². The Kier molecular flexibility index (Phi) is 5.95. The lowest BCUT2D eigenvalue weighted by molar-refractivity contribution is -0.116. The highest BCUT2D eigenvalue weighted by atomic mass is 16.5. The molecule has 0 heterocycles. The molecule has 0 atom stereocenters. The molecular weight excluding hydrogens is 306 g/mol. The predicted molar refractivity (Wildman–Crippen MR) is 92.6 cm³/mol. The molecular formula is C19H21NO4. The molecule has 2 rings (SSSR count). The van der Waals surface area contributed by atoms with Gasteiger partial charge in [-0.05, 0) is 56.2 Å². The van der Waals surface area contributed by atoms with Gasteiger partial charge in [0.2, 0.25) is 5.91 Å². The van der Waals surface area contributed by atoms with Crippen molar-refractivity contribution >= 4 is 17.6 Å². The van der Waals surface area contributed by atoms with E-state index in [-0.39, 0.29) is 24.0 Å². The SMILES string of the molecule is CC(C)Oc1ccc(NC(=O)CCc2ccccc2C(=O)O)cc1. The van der Waals surface area contributed by atoms with Crippen molar-refractivity contribution in [3.8, 4) is 5.75 Å². The molecule has 2 N–H and O–H groups in total. The summed E-state index contributed by atoms with van der Waals surface area (Å²) in [5, 5.41) is 11.9. The minimum Gasteiger partial charge on any atom is -0.491 e. The number of hydrogen-bond donors (Lipinski definition) is 2. The van der Waals surface area contributed by atoms with Crippen molar-refractivity contribution in [1.82, 2.24) is 0 Å². The van der Waals surface area contributed by atoms with Crippen molar-refractivity contribution in [2.75, 3.05) is 5.32 Å². The van der Waals surface area contributed by atoms with Gasteiger partial charge < -0.3 is 15.2 Å². The summed E-state index contributed by atoms with van der Waals surface area (Å²) in [6.45, 7) is 3.90. The lowest BCUT2D eigenvalue weighted by atomic mass is 10.0. The third-order valence-corrected chi connectivity index (χ3v) is 3.38. The number of carbonyl (C=O) groups is 2. The summed E-state index contributed by atoms with van der Waals surface area (Å²) >= 11 is 0. The average molecular weight is 327 g/mol. The Hall–Kier alpha value is -2.82. The molecule has 0 saturated carbocycles. The number of nitrogens with one attached hydrogen (secondary N) is 1. The summed E-state index contributed by atoms with van der Waals surface area (Å²) in [6.07, 6.45) is 0.692. The van der Waals surface area contributed by atoms with E-state index in [1.165, 1.54) is 0 Å². The van der Waals surface area contributed by atoms with Gasteiger partial charge in [0.1, 0.15) is 5.75 Å². The number of hydrogen-bond acceptors (Lipinski definition) is 3. The monoisotopic (exact) mass is 327 g/mol. The Labute approximate surface area is 141 Å². The van der Waals surface area contributed by atoms with Crippen LogP contribution in [0.25, 0.3) is 0 Å². The summed E-state index contributed by atoms with van der Waals surface area (Å²) in [6, 6.07) is 13.9. The van der Waals surface area contributed by atoms with Gasteiger partial charge >= 0.3 is 5.97 Å². The van der Waals surface area contributed by atoms with Crippen LogP contribution in [-0.4, -0.2) is 23.1 Å². The highest BCUT2D eigenvalue weighted by Gasteiger charge is 2.11. The summed E-state index contributed by atoms with van der Waals surface area (Å²) in [4.78, 5) is 23.2. The highest BCUT2D eigenvalue weighted by Crippen LogP contribution is 2.17. The van der Waals surface area contributed by atoms with Crippen LogP contribution in [0.2, 0.25) is 0 Å². The second-order valence-electron chi connectivity index (χ2n) is 5.70. The van der Waals surface area contributed by atoms with E-state index in [9.17, 15) is 9.59 Å². The Morgan fingerprint density at radius 3 is 2.38 bits per heavy atom. The molecule has 0 aromatic heterocycles. The van der Waals surface area contributed by atoms with Gasteiger partial charge in [-0.2, -0.15) is 0 Å². The first kappa shape index (κ1) is 17.5. The van der Waals surface area contributed by atoms with E-state index in [0.29, 0.717) is 17.7 Å². The maximum absolute atomic E-state index is 12.0. The number of carbonyl (C=O) groups excluding carboxylic acids is 1. The number of amides is 1. The number of carboxylic acid groups (broad SMARTS) is 1. The zero-order chi connectivity index (χ0) is 17.5. The fourth-order valence-corrected chi connectivity index (χ4v) is 2.31. The van der Waals surface area contributed by atoms with Gasteiger partial charge in [-0.1, -0.05) is 18.2 Å². The van der Waals surface area contributed by atoms with Gasteiger partial charge in [0.25, 0.3) is 0 Å². The van der Waals surface area contributed by atoms with Gasteiger partial charge in [0, 0.05) is 12.1 Å². The Balaban J connectivity index is 1.91. The second-order valence-corrected chi connectivity index (χ2v) is 5.70. The molecule has 0 bridgehead atoms. The van der Waals surface area contributed by atoms with Crippen LogP contribution in [-0.2, 0) is 11.2 Å². The molecule has 0 fully saturated rings. The van der Waals surface area contributed by atoms with Crippen LogP contribution in [0.5, 0.6) is 5.75 Å². The molecule has 2 aromatic carbocycles. The minimum absolute atomic E-state index is 0.0970. The van der Waals surface area contributed by atoms with Gasteiger partial charge in [-0.3, -0.25) is 4.79 Å². The fourth-order valence-electron chi connectivity index (χ4n) is 2.31. The third kappa shape index (κ3) is 5.12. The van der Waals surface area contributed by atoms with Crippen LogP contribution < -0.4 is 10.1 Å². The van der Waals surface area contributed by atoms with Crippen molar-refractivity contribution in [2.24, 2.45) is 0 Å². The van der Waals surface area contributed by atoms with E-state index in [0.717, 1.165) is 5.75 Å². The van der Waals surface area contributed by atoms with E-state index in [1.54, 1.807) is 48.5 Å². The molecule has 5 heteroatoms. The Morgan fingerprint density at radius 2 is 1.75 bits per heavy atom. The molecule has 0 aliphatic carbocycles. The molecule has 1 amide bonds. The first-order valence-corrected chi connectivity index (χ1v) is 7.83. The molecule has 0 radical (unpaired) electrons. The van der Waals surface area contributed by atoms with Crippen LogP contribution in [0.15, 0.2) is 48.5 Å². The maximum atomic E-state index is 12.0. The second kappa shape index (κ2) is 8.15.